The molecule has 0 bridgehead atoms. The molecule has 0 fully saturated rings. The molecule has 4 rings (SSSR count). The highest BCUT2D eigenvalue weighted by atomic mass is 79.9. The van der Waals surface area contributed by atoms with E-state index >= 15 is 0 Å². The normalized spacial score (nSPS) is 17.3. The minimum absolute atomic E-state index is 0.245. The molecule has 1 atom stereocenters. The van der Waals surface area contributed by atoms with Crippen LogP contribution in [-0.2, 0) is 13.1 Å². The van der Waals surface area contributed by atoms with Crippen LogP contribution in [0.15, 0.2) is 33.5 Å². The lowest BCUT2D eigenvalue weighted by molar-refractivity contribution is -0.386. The summed E-state index contributed by atoms with van der Waals surface area (Å²) in [7, 11) is 0. The first-order valence-electron chi connectivity index (χ1n) is 6.97. The number of aromatic nitrogens is 2. The Morgan fingerprint density at radius 1 is 1.23 bits per heavy atom. The van der Waals surface area contributed by atoms with Gasteiger partial charge in [0.1, 0.15) is 5.65 Å². The third kappa shape index (κ3) is 1.68. The Bertz CT molecular complexity index is 1020. The lowest BCUT2D eigenvalue weighted by atomic mass is 10.1. The van der Waals surface area contributed by atoms with Crippen molar-refractivity contribution in [3.8, 4) is 0 Å². The van der Waals surface area contributed by atoms with Crippen molar-refractivity contribution in [3.63, 3.8) is 0 Å². The molecule has 22 heavy (non-hydrogen) atoms. The van der Waals surface area contributed by atoms with Gasteiger partial charge in [-0.15, -0.1) is 0 Å². The van der Waals surface area contributed by atoms with Gasteiger partial charge in [0.15, 0.2) is 0 Å². The number of nitro groups is 1. The fourth-order valence-electron chi connectivity index (χ4n) is 3.37. The third-order valence-electron chi connectivity index (χ3n) is 4.22. The lowest BCUT2D eigenvalue weighted by Crippen LogP contribution is -2.31. The van der Waals surface area contributed by atoms with Crippen LogP contribution in [0, 0.1) is 16.0 Å². The summed E-state index contributed by atoms with van der Waals surface area (Å²) >= 11 is 3.45. The molecule has 3 aromatic rings. The van der Waals surface area contributed by atoms with Gasteiger partial charge < -0.3 is 4.57 Å². The zero-order valence-corrected chi connectivity index (χ0v) is 13.3. The zero-order valence-electron chi connectivity index (χ0n) is 11.7. The van der Waals surface area contributed by atoms with E-state index in [1.807, 2.05) is 25.1 Å². The Balaban J connectivity index is 2.29. The molecule has 0 N–H and O–H groups in total. The van der Waals surface area contributed by atoms with Crippen LogP contribution in [0.5, 0.6) is 0 Å². The Labute approximate surface area is 133 Å². The fourth-order valence-corrected chi connectivity index (χ4v) is 3.73. The number of halogens is 1. The van der Waals surface area contributed by atoms with E-state index in [2.05, 4.69) is 20.5 Å². The largest absolute Gasteiger partial charge is 0.334 e. The first kappa shape index (κ1) is 13.5. The van der Waals surface area contributed by atoms with Crippen LogP contribution in [-0.4, -0.2) is 14.1 Å². The number of nitrogens with zero attached hydrogens (tertiary/aromatic N) is 3. The van der Waals surface area contributed by atoms with Crippen molar-refractivity contribution in [2.75, 3.05) is 0 Å². The Morgan fingerprint density at radius 2 is 1.95 bits per heavy atom. The maximum Gasteiger partial charge on any atom is 0.334 e. The highest BCUT2D eigenvalue weighted by Crippen LogP contribution is 2.34. The van der Waals surface area contributed by atoms with Gasteiger partial charge in [-0.25, -0.2) is 0 Å². The predicted octanol–water partition coefficient (Wildman–Crippen LogP) is 3.28. The van der Waals surface area contributed by atoms with E-state index in [1.54, 1.807) is 4.57 Å². The maximum atomic E-state index is 12.4. The summed E-state index contributed by atoms with van der Waals surface area (Å²) in [5.41, 5.74) is 0.896. The molecular weight excluding hydrogens is 350 g/mol. The minimum Gasteiger partial charge on any atom is -0.326 e. The number of hydrogen-bond acceptors (Lipinski definition) is 3. The van der Waals surface area contributed by atoms with Crippen LogP contribution >= 0.6 is 15.9 Å². The van der Waals surface area contributed by atoms with Gasteiger partial charge in [0.25, 0.3) is 0 Å². The van der Waals surface area contributed by atoms with Gasteiger partial charge in [-0.05, 0) is 24.1 Å². The zero-order chi connectivity index (χ0) is 15.6. The van der Waals surface area contributed by atoms with Crippen molar-refractivity contribution in [3.05, 3.63) is 49.2 Å². The maximum absolute atomic E-state index is 12.4. The van der Waals surface area contributed by atoms with E-state index < -0.39 is 10.5 Å². The summed E-state index contributed by atoms with van der Waals surface area (Å²) in [6.07, 6.45) is 0. The highest BCUT2D eigenvalue weighted by Gasteiger charge is 2.27. The molecule has 0 spiro atoms. The molecule has 0 unspecified atom stereocenters. The second-order valence-electron chi connectivity index (χ2n) is 5.82. The molecule has 6 nitrogen and oxygen atoms in total. The van der Waals surface area contributed by atoms with Crippen LogP contribution in [0.4, 0.5) is 5.69 Å². The van der Waals surface area contributed by atoms with Crippen LogP contribution in [0.25, 0.3) is 21.9 Å². The van der Waals surface area contributed by atoms with Gasteiger partial charge in [-0.3, -0.25) is 19.5 Å². The fraction of sp³-hybridized carbons (Fsp3) is 0.267. The second-order valence-corrected chi connectivity index (χ2v) is 6.73. The Hall–Kier alpha value is -2.15. The number of pyridine rings is 1. The van der Waals surface area contributed by atoms with Crippen molar-refractivity contribution >= 4 is 43.6 Å². The van der Waals surface area contributed by atoms with Crippen LogP contribution in [0.2, 0.25) is 0 Å². The van der Waals surface area contributed by atoms with E-state index in [4.69, 9.17) is 0 Å². The molecule has 0 saturated heterocycles. The molecule has 3 heterocycles. The number of hydrogen-bond donors (Lipinski definition) is 0. The molecule has 1 aliphatic rings. The predicted molar refractivity (Wildman–Crippen MR) is 87.2 cm³/mol. The Kier molecular flexibility index (Phi) is 2.72. The topological polar surface area (TPSA) is 70.1 Å². The summed E-state index contributed by atoms with van der Waals surface area (Å²) in [4.78, 5) is 23.1. The van der Waals surface area contributed by atoms with Crippen molar-refractivity contribution in [2.24, 2.45) is 5.92 Å². The van der Waals surface area contributed by atoms with Crippen LogP contribution in [0.1, 0.15) is 6.92 Å². The van der Waals surface area contributed by atoms with E-state index in [-0.39, 0.29) is 11.6 Å². The van der Waals surface area contributed by atoms with Crippen molar-refractivity contribution < 1.29 is 4.92 Å². The molecule has 7 heteroatoms. The van der Waals surface area contributed by atoms with E-state index in [9.17, 15) is 14.9 Å². The number of rotatable bonds is 1. The molecule has 0 amide bonds. The molecule has 1 aliphatic heterocycles. The van der Waals surface area contributed by atoms with Gasteiger partial charge in [0.2, 0.25) is 0 Å². The average molecular weight is 362 g/mol. The summed E-state index contributed by atoms with van der Waals surface area (Å²) in [6.45, 7) is 3.36. The minimum atomic E-state index is -0.592. The van der Waals surface area contributed by atoms with Gasteiger partial charge in [-0.1, -0.05) is 22.9 Å². The van der Waals surface area contributed by atoms with Crippen LogP contribution in [0.3, 0.4) is 0 Å². The SMILES string of the molecule is C[C@H]1Cn2c(=O)c([N+](=O)[O-])cc3c4cc(Br)ccc4n(c32)C1. The summed E-state index contributed by atoms with van der Waals surface area (Å²) in [5.74, 6) is 0.245. The third-order valence-corrected chi connectivity index (χ3v) is 4.72. The average Bonchev–Trinajstić information content (AvgIpc) is 2.76. The second kappa shape index (κ2) is 4.42. The standard InChI is InChI=1S/C15H12BrN3O3/c1-8-6-17-12-3-2-9(16)4-10(12)11-5-13(19(21)22)15(20)18(7-8)14(11)17/h2-5,8H,6-7H2,1H3/t8-/m1/s1. The quantitative estimate of drug-likeness (QED) is 0.493. The molecular formula is C15H12BrN3O3. The smallest absolute Gasteiger partial charge is 0.326 e. The summed E-state index contributed by atoms with van der Waals surface area (Å²) in [5, 5.41) is 12.9. The highest BCUT2D eigenvalue weighted by molar-refractivity contribution is 9.10. The molecule has 112 valence electrons. The van der Waals surface area contributed by atoms with Gasteiger partial charge in [0.05, 0.1) is 10.4 Å². The summed E-state index contributed by atoms with van der Waals surface area (Å²) < 4.78 is 4.55. The number of fused-ring (bicyclic) bond motifs is 3. The van der Waals surface area contributed by atoms with Crippen molar-refractivity contribution in [2.45, 2.75) is 20.0 Å². The molecule has 0 aliphatic carbocycles. The lowest BCUT2D eigenvalue weighted by Gasteiger charge is -2.23. The van der Waals surface area contributed by atoms with Gasteiger partial charge in [0, 0.05) is 34.4 Å². The monoisotopic (exact) mass is 361 g/mol. The molecule has 1 aromatic carbocycles. The summed E-state index contributed by atoms with van der Waals surface area (Å²) in [6, 6.07) is 7.29. The van der Waals surface area contributed by atoms with E-state index in [0.717, 1.165) is 33.0 Å². The molecule has 0 saturated carbocycles. The van der Waals surface area contributed by atoms with Crippen LogP contribution < -0.4 is 5.56 Å². The van der Waals surface area contributed by atoms with E-state index in [0.29, 0.717) is 6.54 Å². The van der Waals surface area contributed by atoms with Gasteiger partial charge in [-0.2, -0.15) is 0 Å². The molecule has 0 radical (unpaired) electrons. The van der Waals surface area contributed by atoms with Crippen molar-refractivity contribution in [1.82, 2.24) is 9.13 Å². The van der Waals surface area contributed by atoms with E-state index in [1.165, 1.54) is 6.07 Å². The first-order chi connectivity index (χ1) is 10.5. The van der Waals surface area contributed by atoms with Gasteiger partial charge >= 0.3 is 11.2 Å². The first-order valence-corrected chi connectivity index (χ1v) is 7.76. The number of benzene rings is 1. The Morgan fingerprint density at radius 3 is 2.68 bits per heavy atom. The van der Waals surface area contributed by atoms with Crippen molar-refractivity contribution in [1.29, 1.82) is 0 Å². The molecule has 2 aromatic heterocycles.